The molecule has 1 saturated carbocycles. The second-order valence-corrected chi connectivity index (χ2v) is 6.22. The van der Waals surface area contributed by atoms with E-state index in [1.807, 2.05) is 12.1 Å². The Balaban J connectivity index is 1.92. The first-order valence-electron chi connectivity index (χ1n) is 7.52. The lowest BCUT2D eigenvalue weighted by Crippen LogP contribution is -2.30. The molecule has 1 aromatic carbocycles. The number of benzene rings is 1. The highest BCUT2D eigenvalue weighted by Gasteiger charge is 2.29. The van der Waals surface area contributed by atoms with Crippen molar-refractivity contribution in [2.45, 2.75) is 45.2 Å². The van der Waals surface area contributed by atoms with Gasteiger partial charge < -0.3 is 15.2 Å². The second-order valence-electron chi connectivity index (χ2n) is 6.22. The average molecular weight is 272 g/mol. The van der Waals surface area contributed by atoms with Gasteiger partial charge in [-0.05, 0) is 51.9 Å². The minimum Gasteiger partial charge on any atom is -0.399 e. The SMILES string of the molecule is CC(C)N(C)CCn1c(C2CC2)nc2cc(N)ccc21. The van der Waals surface area contributed by atoms with Gasteiger partial charge in [0.05, 0.1) is 11.0 Å². The first kappa shape index (κ1) is 13.4. The maximum absolute atomic E-state index is 5.88. The van der Waals surface area contributed by atoms with Crippen molar-refractivity contribution in [1.29, 1.82) is 0 Å². The van der Waals surface area contributed by atoms with Gasteiger partial charge in [-0.1, -0.05) is 0 Å². The molecule has 0 unspecified atom stereocenters. The molecule has 0 spiro atoms. The van der Waals surface area contributed by atoms with Crippen LogP contribution in [0.5, 0.6) is 0 Å². The lowest BCUT2D eigenvalue weighted by atomic mass is 10.3. The third-order valence-electron chi connectivity index (χ3n) is 4.30. The van der Waals surface area contributed by atoms with Crippen LogP contribution in [0.1, 0.15) is 38.4 Å². The summed E-state index contributed by atoms with van der Waals surface area (Å²) in [5.41, 5.74) is 8.94. The number of nitrogens with two attached hydrogens (primary N) is 1. The predicted molar refractivity (Wildman–Crippen MR) is 83.9 cm³/mol. The summed E-state index contributed by atoms with van der Waals surface area (Å²) in [6.45, 7) is 6.51. The van der Waals surface area contributed by atoms with Crippen molar-refractivity contribution >= 4 is 16.7 Å². The van der Waals surface area contributed by atoms with E-state index >= 15 is 0 Å². The van der Waals surface area contributed by atoms with Crippen molar-refractivity contribution < 1.29 is 0 Å². The molecule has 2 N–H and O–H groups in total. The highest BCUT2D eigenvalue weighted by atomic mass is 15.2. The molecule has 1 heterocycles. The summed E-state index contributed by atoms with van der Waals surface area (Å²) in [4.78, 5) is 7.20. The maximum Gasteiger partial charge on any atom is 0.113 e. The Morgan fingerprint density at radius 1 is 1.40 bits per heavy atom. The van der Waals surface area contributed by atoms with Gasteiger partial charge in [-0.15, -0.1) is 0 Å². The monoisotopic (exact) mass is 272 g/mol. The first-order valence-corrected chi connectivity index (χ1v) is 7.52. The fourth-order valence-corrected chi connectivity index (χ4v) is 2.57. The van der Waals surface area contributed by atoms with E-state index in [9.17, 15) is 0 Å². The van der Waals surface area contributed by atoms with Crippen LogP contribution in [0.4, 0.5) is 5.69 Å². The van der Waals surface area contributed by atoms with Crippen LogP contribution in [-0.4, -0.2) is 34.1 Å². The van der Waals surface area contributed by atoms with Gasteiger partial charge in [0, 0.05) is 30.7 Å². The molecule has 0 aliphatic heterocycles. The summed E-state index contributed by atoms with van der Waals surface area (Å²) in [6, 6.07) is 6.65. The topological polar surface area (TPSA) is 47.1 Å². The summed E-state index contributed by atoms with van der Waals surface area (Å²) < 4.78 is 2.39. The largest absolute Gasteiger partial charge is 0.399 e. The second kappa shape index (κ2) is 5.09. The normalized spacial score (nSPS) is 15.7. The highest BCUT2D eigenvalue weighted by Crippen LogP contribution is 2.40. The van der Waals surface area contributed by atoms with Crippen molar-refractivity contribution in [2.75, 3.05) is 19.3 Å². The van der Waals surface area contributed by atoms with E-state index in [1.54, 1.807) is 0 Å². The summed E-state index contributed by atoms with van der Waals surface area (Å²) in [5.74, 6) is 1.91. The number of imidazole rings is 1. The Kier molecular flexibility index (Phi) is 3.42. The first-order chi connectivity index (χ1) is 9.56. The maximum atomic E-state index is 5.88. The molecule has 108 valence electrons. The van der Waals surface area contributed by atoms with Gasteiger partial charge in [-0.25, -0.2) is 4.98 Å². The molecular formula is C16H24N4. The molecule has 4 heteroatoms. The third-order valence-corrected chi connectivity index (χ3v) is 4.30. The molecule has 20 heavy (non-hydrogen) atoms. The lowest BCUT2D eigenvalue weighted by molar-refractivity contribution is 0.263. The number of likely N-dealkylation sites (N-methyl/N-ethyl adjacent to an activating group) is 1. The van der Waals surface area contributed by atoms with Crippen LogP contribution in [0.2, 0.25) is 0 Å². The minimum atomic E-state index is 0.574. The van der Waals surface area contributed by atoms with E-state index in [2.05, 4.69) is 36.4 Å². The fourth-order valence-electron chi connectivity index (χ4n) is 2.57. The van der Waals surface area contributed by atoms with Crippen molar-refractivity contribution in [3.8, 4) is 0 Å². The van der Waals surface area contributed by atoms with E-state index in [-0.39, 0.29) is 0 Å². The molecule has 0 saturated heterocycles. The number of nitrogen functional groups attached to an aromatic ring is 1. The van der Waals surface area contributed by atoms with Gasteiger partial charge in [0.15, 0.2) is 0 Å². The van der Waals surface area contributed by atoms with Gasteiger partial charge in [0.25, 0.3) is 0 Å². The van der Waals surface area contributed by atoms with E-state index < -0.39 is 0 Å². The van der Waals surface area contributed by atoms with Crippen molar-refractivity contribution in [3.05, 3.63) is 24.0 Å². The quantitative estimate of drug-likeness (QED) is 0.851. The van der Waals surface area contributed by atoms with Crippen LogP contribution in [0.3, 0.4) is 0 Å². The van der Waals surface area contributed by atoms with Gasteiger partial charge in [0.1, 0.15) is 5.82 Å². The molecule has 4 nitrogen and oxygen atoms in total. The molecule has 2 aromatic rings. The van der Waals surface area contributed by atoms with Crippen LogP contribution in [0, 0.1) is 0 Å². The zero-order chi connectivity index (χ0) is 14.3. The zero-order valence-corrected chi connectivity index (χ0v) is 12.6. The summed E-state index contributed by atoms with van der Waals surface area (Å²) in [6.07, 6.45) is 2.55. The van der Waals surface area contributed by atoms with Crippen LogP contribution < -0.4 is 5.73 Å². The Bertz CT molecular complexity index is 610. The Hall–Kier alpha value is -1.55. The number of fused-ring (bicyclic) bond motifs is 1. The van der Waals surface area contributed by atoms with E-state index in [4.69, 9.17) is 10.7 Å². The van der Waals surface area contributed by atoms with E-state index in [0.717, 1.165) is 24.3 Å². The van der Waals surface area contributed by atoms with Gasteiger partial charge in [-0.3, -0.25) is 0 Å². The van der Waals surface area contributed by atoms with Crippen LogP contribution in [0.15, 0.2) is 18.2 Å². The number of hydrogen-bond acceptors (Lipinski definition) is 3. The lowest BCUT2D eigenvalue weighted by Gasteiger charge is -2.21. The number of nitrogens with zero attached hydrogens (tertiary/aromatic N) is 3. The molecule has 0 amide bonds. The standard InChI is InChI=1S/C16H24N4/c1-11(2)19(3)8-9-20-15-7-6-13(17)10-14(15)18-16(20)12-4-5-12/h6-7,10-12H,4-5,8-9,17H2,1-3H3. The minimum absolute atomic E-state index is 0.574. The third kappa shape index (κ3) is 2.52. The fraction of sp³-hybridized carbons (Fsp3) is 0.562. The Morgan fingerprint density at radius 3 is 2.80 bits per heavy atom. The molecule has 1 aliphatic rings. The number of aromatic nitrogens is 2. The average Bonchev–Trinajstić information content (AvgIpc) is 3.18. The van der Waals surface area contributed by atoms with Crippen molar-refractivity contribution in [1.82, 2.24) is 14.5 Å². The molecule has 0 bridgehead atoms. The summed E-state index contributed by atoms with van der Waals surface area (Å²) in [5, 5.41) is 0. The molecule has 1 aromatic heterocycles. The number of anilines is 1. The molecule has 0 radical (unpaired) electrons. The summed E-state index contributed by atoms with van der Waals surface area (Å²) >= 11 is 0. The van der Waals surface area contributed by atoms with Crippen LogP contribution in [0.25, 0.3) is 11.0 Å². The van der Waals surface area contributed by atoms with Crippen LogP contribution >= 0.6 is 0 Å². The smallest absolute Gasteiger partial charge is 0.113 e. The summed E-state index contributed by atoms with van der Waals surface area (Å²) in [7, 11) is 2.18. The van der Waals surface area contributed by atoms with Crippen LogP contribution in [-0.2, 0) is 6.54 Å². The van der Waals surface area contributed by atoms with E-state index in [1.165, 1.54) is 24.2 Å². The van der Waals surface area contributed by atoms with Crippen molar-refractivity contribution in [2.24, 2.45) is 0 Å². The van der Waals surface area contributed by atoms with Gasteiger partial charge in [-0.2, -0.15) is 0 Å². The zero-order valence-electron chi connectivity index (χ0n) is 12.6. The van der Waals surface area contributed by atoms with Crippen molar-refractivity contribution in [3.63, 3.8) is 0 Å². The van der Waals surface area contributed by atoms with Gasteiger partial charge >= 0.3 is 0 Å². The van der Waals surface area contributed by atoms with Gasteiger partial charge in [0.2, 0.25) is 0 Å². The molecule has 1 aliphatic carbocycles. The van der Waals surface area contributed by atoms with E-state index in [0.29, 0.717) is 12.0 Å². The number of rotatable bonds is 5. The Morgan fingerprint density at radius 2 is 2.15 bits per heavy atom. The Labute approximate surface area is 120 Å². The molecular weight excluding hydrogens is 248 g/mol. The number of hydrogen-bond donors (Lipinski definition) is 1. The molecule has 1 fully saturated rings. The highest BCUT2D eigenvalue weighted by molar-refractivity contribution is 5.79. The predicted octanol–water partition coefficient (Wildman–Crippen LogP) is 2.84. The molecule has 3 rings (SSSR count). The molecule has 0 atom stereocenters.